The van der Waals surface area contributed by atoms with Crippen LogP contribution in [0.25, 0.3) is 0 Å². The van der Waals surface area contributed by atoms with Crippen molar-refractivity contribution in [2.75, 3.05) is 13.1 Å². The lowest BCUT2D eigenvalue weighted by Gasteiger charge is -2.22. The minimum absolute atomic E-state index is 0.714. The molecule has 106 valence electrons. The molecule has 1 atom stereocenters. The topological polar surface area (TPSA) is 15.3 Å². The minimum Gasteiger partial charge on any atom is -0.312 e. The van der Waals surface area contributed by atoms with Crippen LogP contribution in [0.5, 0.6) is 0 Å². The van der Waals surface area contributed by atoms with Crippen molar-refractivity contribution >= 4 is 0 Å². The number of likely N-dealkylation sites (tertiary alicyclic amines) is 1. The van der Waals surface area contributed by atoms with E-state index in [0.717, 1.165) is 25.7 Å². The van der Waals surface area contributed by atoms with Gasteiger partial charge in [0, 0.05) is 19.1 Å². The summed E-state index contributed by atoms with van der Waals surface area (Å²) in [7, 11) is 0. The molecule has 2 heteroatoms. The zero-order chi connectivity index (χ0) is 13.7. The number of hydrogen-bond acceptors (Lipinski definition) is 2. The molecule has 1 aliphatic rings. The van der Waals surface area contributed by atoms with E-state index in [0.29, 0.717) is 5.92 Å². The van der Waals surface area contributed by atoms with Gasteiger partial charge in [-0.2, -0.15) is 0 Å². The van der Waals surface area contributed by atoms with Crippen LogP contribution in [-0.4, -0.2) is 24.0 Å². The van der Waals surface area contributed by atoms with Gasteiger partial charge in [-0.15, -0.1) is 0 Å². The van der Waals surface area contributed by atoms with Crippen LogP contribution in [0.15, 0.2) is 24.3 Å². The van der Waals surface area contributed by atoms with E-state index in [2.05, 4.69) is 55.3 Å². The first kappa shape index (κ1) is 14.5. The third-order valence-electron chi connectivity index (χ3n) is 4.05. The first-order valence-electron chi connectivity index (χ1n) is 7.68. The number of nitrogens with zero attached hydrogens (tertiary/aromatic N) is 1. The highest BCUT2D eigenvalue weighted by molar-refractivity contribution is 5.27. The maximum Gasteiger partial charge on any atom is 0.0239 e. The zero-order valence-corrected chi connectivity index (χ0v) is 12.7. The van der Waals surface area contributed by atoms with E-state index in [1.54, 1.807) is 0 Å². The summed E-state index contributed by atoms with van der Waals surface area (Å²) in [6, 6.07) is 9.63. The maximum atomic E-state index is 3.56. The number of nitrogens with one attached hydrogen (secondary N) is 1. The van der Waals surface area contributed by atoms with E-state index < -0.39 is 0 Å². The van der Waals surface area contributed by atoms with Gasteiger partial charge in [-0.1, -0.05) is 38.1 Å². The molecule has 0 bridgehead atoms. The SMILES string of the molecule is CC(C)CNCc1ccccc1CN1CCCC1C. The van der Waals surface area contributed by atoms with Gasteiger partial charge in [-0.3, -0.25) is 4.90 Å². The Morgan fingerprint density at radius 1 is 1.26 bits per heavy atom. The van der Waals surface area contributed by atoms with E-state index in [4.69, 9.17) is 0 Å². The van der Waals surface area contributed by atoms with Gasteiger partial charge in [0.1, 0.15) is 0 Å². The summed E-state index contributed by atoms with van der Waals surface area (Å²) in [6.07, 6.45) is 2.71. The largest absolute Gasteiger partial charge is 0.312 e. The molecule has 0 amide bonds. The van der Waals surface area contributed by atoms with Crippen LogP contribution in [0, 0.1) is 5.92 Å². The monoisotopic (exact) mass is 260 g/mol. The van der Waals surface area contributed by atoms with Crippen molar-refractivity contribution in [2.45, 2.75) is 52.7 Å². The molecule has 0 aromatic heterocycles. The second-order valence-electron chi connectivity index (χ2n) is 6.26. The van der Waals surface area contributed by atoms with Gasteiger partial charge in [0.05, 0.1) is 0 Å². The second kappa shape index (κ2) is 7.06. The van der Waals surface area contributed by atoms with Gasteiger partial charge < -0.3 is 5.32 Å². The van der Waals surface area contributed by atoms with Crippen molar-refractivity contribution < 1.29 is 0 Å². The van der Waals surface area contributed by atoms with Crippen molar-refractivity contribution in [3.8, 4) is 0 Å². The van der Waals surface area contributed by atoms with Gasteiger partial charge in [-0.05, 0) is 49.9 Å². The van der Waals surface area contributed by atoms with Crippen LogP contribution in [0.1, 0.15) is 44.7 Å². The second-order valence-corrected chi connectivity index (χ2v) is 6.26. The van der Waals surface area contributed by atoms with Crippen LogP contribution >= 0.6 is 0 Å². The Kier molecular flexibility index (Phi) is 5.41. The summed E-state index contributed by atoms with van der Waals surface area (Å²) >= 11 is 0. The van der Waals surface area contributed by atoms with E-state index in [-0.39, 0.29) is 0 Å². The van der Waals surface area contributed by atoms with E-state index in [1.807, 2.05) is 0 Å². The molecule has 0 aliphatic carbocycles. The summed E-state index contributed by atoms with van der Waals surface area (Å²) in [5.74, 6) is 0.714. The normalized spacial score (nSPS) is 20.3. The van der Waals surface area contributed by atoms with Gasteiger partial charge in [0.25, 0.3) is 0 Å². The van der Waals surface area contributed by atoms with E-state index >= 15 is 0 Å². The number of benzene rings is 1. The van der Waals surface area contributed by atoms with Crippen LogP contribution in [0.3, 0.4) is 0 Å². The lowest BCUT2D eigenvalue weighted by atomic mass is 10.1. The van der Waals surface area contributed by atoms with Crippen molar-refractivity contribution in [1.29, 1.82) is 0 Å². The molecule has 1 N–H and O–H groups in total. The third kappa shape index (κ3) is 4.32. The van der Waals surface area contributed by atoms with Crippen molar-refractivity contribution in [3.63, 3.8) is 0 Å². The van der Waals surface area contributed by atoms with Gasteiger partial charge in [0.2, 0.25) is 0 Å². The fourth-order valence-electron chi connectivity index (χ4n) is 2.83. The van der Waals surface area contributed by atoms with Crippen LogP contribution in [-0.2, 0) is 13.1 Å². The summed E-state index contributed by atoms with van der Waals surface area (Å²) in [4.78, 5) is 2.61. The molecule has 0 radical (unpaired) electrons. The Morgan fingerprint density at radius 3 is 2.63 bits per heavy atom. The average molecular weight is 260 g/mol. The molecule has 1 heterocycles. The molecule has 1 aliphatic heterocycles. The Hall–Kier alpha value is -0.860. The maximum absolute atomic E-state index is 3.56. The Balaban J connectivity index is 1.95. The zero-order valence-electron chi connectivity index (χ0n) is 12.7. The highest BCUT2D eigenvalue weighted by atomic mass is 15.2. The molecular weight excluding hydrogens is 232 g/mol. The van der Waals surface area contributed by atoms with E-state index in [9.17, 15) is 0 Å². The molecule has 0 saturated carbocycles. The highest BCUT2D eigenvalue weighted by Crippen LogP contribution is 2.21. The van der Waals surface area contributed by atoms with Crippen LogP contribution in [0.4, 0.5) is 0 Å². The first-order valence-corrected chi connectivity index (χ1v) is 7.68. The predicted octanol–water partition coefficient (Wildman–Crippen LogP) is 3.42. The van der Waals surface area contributed by atoms with Crippen molar-refractivity contribution in [3.05, 3.63) is 35.4 Å². The molecule has 1 saturated heterocycles. The number of rotatable bonds is 6. The molecule has 1 aromatic rings. The quantitative estimate of drug-likeness (QED) is 0.843. The smallest absolute Gasteiger partial charge is 0.0239 e. The predicted molar refractivity (Wildman–Crippen MR) is 82.1 cm³/mol. The minimum atomic E-state index is 0.714. The third-order valence-corrected chi connectivity index (χ3v) is 4.05. The molecule has 2 nitrogen and oxygen atoms in total. The summed E-state index contributed by atoms with van der Waals surface area (Å²) in [5.41, 5.74) is 2.95. The Bertz CT molecular complexity index is 387. The summed E-state index contributed by atoms with van der Waals surface area (Å²) < 4.78 is 0. The summed E-state index contributed by atoms with van der Waals surface area (Å²) in [6.45, 7) is 11.3. The van der Waals surface area contributed by atoms with Crippen molar-refractivity contribution in [1.82, 2.24) is 10.2 Å². The fourth-order valence-corrected chi connectivity index (χ4v) is 2.83. The first-order chi connectivity index (χ1) is 9.16. The molecule has 19 heavy (non-hydrogen) atoms. The van der Waals surface area contributed by atoms with Crippen molar-refractivity contribution in [2.24, 2.45) is 5.92 Å². The van der Waals surface area contributed by atoms with Crippen LogP contribution in [0.2, 0.25) is 0 Å². The molecule has 1 fully saturated rings. The molecule has 2 rings (SSSR count). The van der Waals surface area contributed by atoms with Crippen LogP contribution < -0.4 is 5.32 Å². The Morgan fingerprint density at radius 2 is 2.00 bits per heavy atom. The van der Waals surface area contributed by atoms with E-state index in [1.165, 1.54) is 30.5 Å². The van der Waals surface area contributed by atoms with Gasteiger partial charge >= 0.3 is 0 Å². The molecule has 1 aromatic carbocycles. The lowest BCUT2D eigenvalue weighted by molar-refractivity contribution is 0.259. The van der Waals surface area contributed by atoms with Gasteiger partial charge in [-0.25, -0.2) is 0 Å². The standard InChI is InChI=1S/C17H28N2/c1-14(2)11-18-12-16-8-4-5-9-17(16)13-19-10-6-7-15(19)3/h4-5,8-9,14-15,18H,6-7,10-13H2,1-3H3. The molecular formula is C17H28N2. The fraction of sp³-hybridized carbons (Fsp3) is 0.647. The number of hydrogen-bond donors (Lipinski definition) is 1. The highest BCUT2D eigenvalue weighted by Gasteiger charge is 2.20. The average Bonchev–Trinajstić information content (AvgIpc) is 2.77. The lowest BCUT2D eigenvalue weighted by Crippen LogP contribution is -2.27. The molecule has 1 unspecified atom stereocenters. The summed E-state index contributed by atoms with van der Waals surface area (Å²) in [5, 5.41) is 3.56. The molecule has 0 spiro atoms. The Labute approximate surface area is 118 Å². The van der Waals surface area contributed by atoms with Gasteiger partial charge in [0.15, 0.2) is 0 Å².